The van der Waals surface area contributed by atoms with Crippen molar-refractivity contribution in [2.45, 2.75) is 31.5 Å². The molecular weight excluding hydrogens is 480 g/mol. The topological polar surface area (TPSA) is 114 Å². The number of hydrogen-bond acceptors (Lipinski definition) is 9. The van der Waals surface area contributed by atoms with E-state index in [1.165, 1.54) is 0 Å². The van der Waals surface area contributed by atoms with Crippen LogP contribution in [0, 0.1) is 0 Å². The molecule has 4 rings (SSSR count). The summed E-state index contributed by atoms with van der Waals surface area (Å²) in [6, 6.07) is 24.6. The van der Waals surface area contributed by atoms with Crippen molar-refractivity contribution in [3.05, 3.63) is 108 Å². The van der Waals surface area contributed by atoms with Crippen LogP contribution in [-0.4, -0.2) is 55.1 Å². The molecule has 1 heterocycles. The summed E-state index contributed by atoms with van der Waals surface area (Å²) in [6.45, 7) is 0.796. The molecule has 1 aliphatic heterocycles. The predicted octanol–water partition coefficient (Wildman–Crippen LogP) is 3.58. The van der Waals surface area contributed by atoms with Gasteiger partial charge < -0.3 is 23.7 Å². The zero-order chi connectivity index (χ0) is 26.2. The molecule has 3 aromatic rings. The van der Waals surface area contributed by atoms with Crippen LogP contribution in [0.15, 0.2) is 91.0 Å². The molecule has 4 atom stereocenters. The van der Waals surface area contributed by atoms with Crippen molar-refractivity contribution < 1.29 is 42.9 Å². The molecule has 0 N–H and O–H groups in total. The minimum Gasteiger partial charge on any atom is -0.459 e. The maximum Gasteiger partial charge on any atom is 0.338 e. The lowest BCUT2D eigenvalue weighted by molar-refractivity contribution is -0.187. The molecule has 9 heteroatoms. The van der Waals surface area contributed by atoms with E-state index in [1.54, 1.807) is 91.0 Å². The Labute approximate surface area is 212 Å². The van der Waals surface area contributed by atoms with Gasteiger partial charge in [-0.15, -0.1) is 0 Å². The Morgan fingerprint density at radius 1 is 0.622 bits per heavy atom. The zero-order valence-corrected chi connectivity index (χ0v) is 19.9. The lowest BCUT2D eigenvalue weighted by atomic mass is 10.1. The summed E-state index contributed by atoms with van der Waals surface area (Å²) in [5, 5.41) is 0. The Morgan fingerprint density at radius 3 is 1.51 bits per heavy atom. The first kappa shape index (κ1) is 25.6. The van der Waals surface area contributed by atoms with Crippen LogP contribution in [-0.2, 0) is 28.5 Å². The van der Waals surface area contributed by atoms with Gasteiger partial charge in [-0.2, -0.15) is 0 Å². The highest BCUT2D eigenvalue weighted by atomic mass is 16.8. The molecule has 1 fully saturated rings. The van der Waals surface area contributed by atoms with Crippen LogP contribution in [0.4, 0.5) is 0 Å². The van der Waals surface area contributed by atoms with E-state index in [-0.39, 0.29) is 17.7 Å². The van der Waals surface area contributed by atoms with Crippen molar-refractivity contribution in [1.82, 2.24) is 0 Å². The van der Waals surface area contributed by atoms with Crippen LogP contribution in [0.5, 0.6) is 0 Å². The van der Waals surface area contributed by atoms with Gasteiger partial charge in [-0.1, -0.05) is 54.6 Å². The minimum atomic E-state index is -1.40. The molecule has 37 heavy (non-hydrogen) atoms. The van der Waals surface area contributed by atoms with Crippen LogP contribution in [0.1, 0.15) is 38.0 Å². The fourth-order valence-corrected chi connectivity index (χ4v) is 3.70. The third kappa shape index (κ3) is 6.59. The van der Waals surface area contributed by atoms with E-state index in [4.69, 9.17) is 23.7 Å². The summed E-state index contributed by atoms with van der Waals surface area (Å²) in [6.07, 6.45) is -5.09. The molecule has 9 nitrogen and oxygen atoms in total. The fraction of sp³-hybridized carbons (Fsp3) is 0.214. The van der Waals surface area contributed by atoms with Crippen LogP contribution in [0.3, 0.4) is 0 Å². The van der Waals surface area contributed by atoms with Crippen molar-refractivity contribution in [2.24, 2.45) is 0 Å². The molecule has 3 aromatic carbocycles. The molecule has 190 valence electrons. The van der Waals surface area contributed by atoms with Crippen molar-refractivity contribution in [3.8, 4) is 0 Å². The van der Waals surface area contributed by atoms with Gasteiger partial charge in [0.05, 0.1) is 16.7 Å². The Bertz CT molecular complexity index is 1230. The van der Waals surface area contributed by atoms with E-state index in [0.29, 0.717) is 5.56 Å². The highest BCUT2D eigenvalue weighted by Gasteiger charge is 2.52. The number of ether oxygens (including phenoxy) is 5. The van der Waals surface area contributed by atoms with Gasteiger partial charge in [-0.05, 0) is 36.4 Å². The first-order valence-electron chi connectivity index (χ1n) is 11.5. The van der Waals surface area contributed by atoms with Crippen LogP contribution in [0.2, 0.25) is 0 Å². The average molecular weight is 504 g/mol. The molecule has 0 saturated carbocycles. The summed E-state index contributed by atoms with van der Waals surface area (Å²) >= 11 is 0. The van der Waals surface area contributed by atoms with E-state index in [9.17, 15) is 19.2 Å². The molecule has 0 amide bonds. The number of benzene rings is 3. The Kier molecular flexibility index (Phi) is 8.27. The van der Waals surface area contributed by atoms with Crippen molar-refractivity contribution in [1.29, 1.82) is 0 Å². The molecular formula is C28H24O9. The molecule has 0 bridgehead atoms. The third-order valence-electron chi connectivity index (χ3n) is 5.44. The second-order valence-corrected chi connectivity index (χ2v) is 8.09. The number of carbonyl (C=O) groups is 4. The van der Waals surface area contributed by atoms with Gasteiger partial charge in [-0.25, -0.2) is 14.4 Å². The highest BCUT2D eigenvalue weighted by molar-refractivity contribution is 5.91. The number of carbonyl (C=O) groups excluding carboxylic acids is 4. The molecule has 0 aromatic heterocycles. The summed E-state index contributed by atoms with van der Waals surface area (Å²) in [7, 11) is 0. The molecule has 1 saturated heterocycles. The zero-order valence-electron chi connectivity index (χ0n) is 19.9. The highest BCUT2D eigenvalue weighted by Crippen LogP contribution is 2.30. The third-order valence-corrected chi connectivity index (χ3v) is 5.44. The average Bonchev–Trinajstić information content (AvgIpc) is 3.23. The second-order valence-electron chi connectivity index (χ2n) is 8.09. The van der Waals surface area contributed by atoms with E-state index < -0.39 is 48.5 Å². The SMILES string of the molecule is CC(=O)O[C@@H]1O[C@H](COC(=O)c2ccccc2)[C@H](OC(=O)c2ccccc2)[C@H]1OC(=O)c1ccccc1. The molecule has 0 radical (unpaired) electrons. The van der Waals surface area contributed by atoms with Crippen molar-refractivity contribution in [3.63, 3.8) is 0 Å². The maximum absolute atomic E-state index is 12.9. The first-order chi connectivity index (χ1) is 17.9. The van der Waals surface area contributed by atoms with Gasteiger partial charge >= 0.3 is 23.9 Å². The van der Waals surface area contributed by atoms with Crippen LogP contribution in [0.25, 0.3) is 0 Å². The van der Waals surface area contributed by atoms with E-state index in [0.717, 1.165) is 6.92 Å². The maximum atomic E-state index is 12.9. The Morgan fingerprint density at radius 2 is 1.05 bits per heavy atom. The largest absolute Gasteiger partial charge is 0.459 e. The summed E-state index contributed by atoms with van der Waals surface area (Å²) in [5.41, 5.74) is 0.782. The minimum absolute atomic E-state index is 0.233. The van der Waals surface area contributed by atoms with Gasteiger partial charge in [0.15, 0.2) is 6.10 Å². The van der Waals surface area contributed by atoms with Gasteiger partial charge in [0, 0.05) is 6.92 Å². The number of rotatable bonds is 8. The van der Waals surface area contributed by atoms with E-state index >= 15 is 0 Å². The van der Waals surface area contributed by atoms with Crippen molar-refractivity contribution >= 4 is 23.9 Å². The quantitative estimate of drug-likeness (QED) is 0.335. The Hall–Kier alpha value is -4.50. The molecule has 0 spiro atoms. The van der Waals surface area contributed by atoms with Gasteiger partial charge in [0.25, 0.3) is 0 Å². The van der Waals surface area contributed by atoms with Crippen molar-refractivity contribution in [2.75, 3.05) is 6.61 Å². The standard InChI is InChI=1S/C28H24O9/c1-18(29)34-28-24(37-27(32)21-15-9-4-10-16-21)23(36-26(31)20-13-7-3-8-14-20)22(35-28)17-33-25(30)19-11-5-2-6-12-19/h2-16,22-24,28H,17H2,1H3/t22-,23+,24-,28-/m1/s1. The predicted molar refractivity (Wildman–Crippen MR) is 128 cm³/mol. The smallest absolute Gasteiger partial charge is 0.338 e. The summed E-state index contributed by atoms with van der Waals surface area (Å²) in [4.78, 5) is 50.0. The van der Waals surface area contributed by atoms with E-state index in [2.05, 4.69) is 0 Å². The number of hydrogen-bond donors (Lipinski definition) is 0. The van der Waals surface area contributed by atoms with E-state index in [1.807, 2.05) is 0 Å². The van der Waals surface area contributed by atoms with Crippen LogP contribution < -0.4 is 0 Å². The number of esters is 4. The summed E-state index contributed by atoms with van der Waals surface area (Å²) in [5.74, 6) is -2.81. The Balaban J connectivity index is 1.58. The second kappa shape index (κ2) is 12.0. The lowest BCUT2D eigenvalue weighted by Crippen LogP contribution is -2.42. The molecule has 0 aliphatic carbocycles. The molecule has 0 unspecified atom stereocenters. The normalized spacial score (nSPS) is 20.5. The van der Waals surface area contributed by atoms with Gasteiger partial charge in [0.2, 0.25) is 12.4 Å². The summed E-state index contributed by atoms with van der Waals surface area (Å²) < 4.78 is 27.7. The van der Waals surface area contributed by atoms with Gasteiger partial charge in [-0.3, -0.25) is 4.79 Å². The fourth-order valence-electron chi connectivity index (χ4n) is 3.70. The molecule has 1 aliphatic rings. The van der Waals surface area contributed by atoms with Crippen LogP contribution >= 0.6 is 0 Å². The first-order valence-corrected chi connectivity index (χ1v) is 11.5. The van der Waals surface area contributed by atoms with Gasteiger partial charge in [0.1, 0.15) is 12.7 Å². The monoisotopic (exact) mass is 504 g/mol. The lowest BCUT2D eigenvalue weighted by Gasteiger charge is -2.24.